The summed E-state index contributed by atoms with van der Waals surface area (Å²) in [7, 11) is -1.45. The van der Waals surface area contributed by atoms with Crippen LogP contribution in [0.15, 0.2) is 23.1 Å². The minimum atomic E-state index is -3.38. The van der Waals surface area contributed by atoms with Crippen LogP contribution in [0.1, 0.15) is 24.8 Å². The Morgan fingerprint density at radius 1 is 1.27 bits per heavy atom. The van der Waals surface area contributed by atoms with Gasteiger partial charge < -0.3 is 10.1 Å². The molecule has 0 aromatic heterocycles. The molecule has 1 aromatic rings. The third-order valence-corrected chi connectivity index (χ3v) is 6.27. The molecule has 0 spiro atoms. The summed E-state index contributed by atoms with van der Waals surface area (Å²) >= 11 is 0. The molecule has 2 heterocycles. The number of hydrogen-bond acceptors (Lipinski definition) is 4. The maximum Gasteiger partial charge on any atom is 0.243 e. The van der Waals surface area contributed by atoms with Crippen molar-refractivity contribution in [1.82, 2.24) is 9.62 Å². The Morgan fingerprint density at radius 2 is 2.00 bits per heavy atom. The van der Waals surface area contributed by atoms with Gasteiger partial charge in [-0.15, -0.1) is 12.4 Å². The molecule has 2 aliphatic heterocycles. The topological polar surface area (TPSA) is 58.6 Å². The second-order valence-electron chi connectivity index (χ2n) is 5.69. The molecule has 5 nitrogen and oxygen atoms in total. The van der Waals surface area contributed by atoms with Crippen molar-refractivity contribution < 1.29 is 13.2 Å². The smallest absolute Gasteiger partial charge is 0.243 e. The number of halogens is 1. The Balaban J connectivity index is 0.00000176. The molecular weight excluding hydrogens is 324 g/mol. The third-order valence-electron chi connectivity index (χ3n) is 4.38. The van der Waals surface area contributed by atoms with Gasteiger partial charge in [0.1, 0.15) is 5.75 Å². The first kappa shape index (κ1) is 17.5. The zero-order chi connectivity index (χ0) is 14.9. The highest BCUT2D eigenvalue weighted by atomic mass is 35.5. The molecule has 0 atom stereocenters. The Hall–Kier alpha value is -0.820. The lowest BCUT2D eigenvalue weighted by Gasteiger charge is -2.31. The molecule has 0 amide bonds. The van der Waals surface area contributed by atoms with Crippen molar-refractivity contribution in [2.45, 2.75) is 36.6 Å². The molecule has 22 heavy (non-hydrogen) atoms. The standard InChI is InChI=1S/C15H22N2O3S.ClH/c1-16-13-6-8-17(9-7-13)21(18,19)14-4-5-15-12(11-14)3-2-10-20-15;/h4-5,11,13,16H,2-3,6-10H2,1H3;1H. The van der Waals surface area contributed by atoms with Gasteiger partial charge in [0.2, 0.25) is 10.0 Å². The first-order chi connectivity index (χ1) is 10.1. The average Bonchev–Trinajstić information content (AvgIpc) is 2.54. The number of nitrogens with zero attached hydrogens (tertiary/aromatic N) is 1. The summed E-state index contributed by atoms with van der Waals surface area (Å²) in [6, 6.07) is 5.67. The van der Waals surface area contributed by atoms with Crippen molar-refractivity contribution in [3.8, 4) is 5.75 Å². The van der Waals surface area contributed by atoms with Gasteiger partial charge in [0.25, 0.3) is 0 Å². The minimum absolute atomic E-state index is 0. The van der Waals surface area contributed by atoms with Gasteiger partial charge in [-0.1, -0.05) is 0 Å². The number of ether oxygens (including phenoxy) is 1. The van der Waals surface area contributed by atoms with Crippen LogP contribution < -0.4 is 10.1 Å². The van der Waals surface area contributed by atoms with Gasteiger partial charge in [0.05, 0.1) is 11.5 Å². The Morgan fingerprint density at radius 3 is 2.68 bits per heavy atom. The predicted octanol–water partition coefficient (Wildman–Crippen LogP) is 1.81. The van der Waals surface area contributed by atoms with Gasteiger partial charge in [-0.3, -0.25) is 0 Å². The first-order valence-electron chi connectivity index (χ1n) is 7.54. The number of fused-ring (bicyclic) bond motifs is 1. The molecule has 3 rings (SSSR count). The quantitative estimate of drug-likeness (QED) is 0.906. The van der Waals surface area contributed by atoms with Gasteiger partial charge in [0, 0.05) is 19.1 Å². The lowest BCUT2D eigenvalue weighted by Crippen LogP contribution is -2.43. The van der Waals surface area contributed by atoms with E-state index in [4.69, 9.17) is 4.74 Å². The molecule has 1 fully saturated rings. The molecule has 1 aromatic carbocycles. The molecule has 0 radical (unpaired) electrons. The van der Waals surface area contributed by atoms with Crippen LogP contribution in [-0.4, -0.2) is 45.5 Å². The molecule has 1 saturated heterocycles. The molecular formula is C15H23ClN2O3S. The van der Waals surface area contributed by atoms with Crippen LogP contribution in [0, 0.1) is 0 Å². The van der Waals surface area contributed by atoms with Crippen LogP contribution in [0.25, 0.3) is 0 Å². The first-order valence-corrected chi connectivity index (χ1v) is 8.98. The fraction of sp³-hybridized carbons (Fsp3) is 0.600. The van der Waals surface area contributed by atoms with Crippen LogP contribution in [-0.2, 0) is 16.4 Å². The van der Waals surface area contributed by atoms with Gasteiger partial charge in [-0.2, -0.15) is 4.31 Å². The summed E-state index contributed by atoms with van der Waals surface area (Å²) in [5.74, 6) is 0.828. The zero-order valence-electron chi connectivity index (χ0n) is 12.7. The Labute approximate surface area is 138 Å². The highest BCUT2D eigenvalue weighted by molar-refractivity contribution is 7.89. The third kappa shape index (κ3) is 3.40. The van der Waals surface area contributed by atoms with E-state index < -0.39 is 10.0 Å². The maximum atomic E-state index is 12.7. The summed E-state index contributed by atoms with van der Waals surface area (Å²) in [6.07, 6.45) is 3.57. The number of piperidine rings is 1. The summed E-state index contributed by atoms with van der Waals surface area (Å²) in [5, 5.41) is 3.22. The largest absolute Gasteiger partial charge is 0.493 e. The second-order valence-corrected chi connectivity index (χ2v) is 7.63. The van der Waals surface area contributed by atoms with Crippen molar-refractivity contribution in [3.63, 3.8) is 0 Å². The van der Waals surface area contributed by atoms with E-state index in [1.165, 1.54) is 0 Å². The highest BCUT2D eigenvalue weighted by Crippen LogP contribution is 2.29. The number of sulfonamides is 1. The van der Waals surface area contributed by atoms with E-state index in [2.05, 4.69) is 5.32 Å². The Kier molecular flexibility index (Phi) is 5.71. The van der Waals surface area contributed by atoms with E-state index >= 15 is 0 Å². The number of aryl methyl sites for hydroxylation is 1. The molecule has 0 saturated carbocycles. The summed E-state index contributed by atoms with van der Waals surface area (Å²) in [6.45, 7) is 1.89. The van der Waals surface area contributed by atoms with Crippen LogP contribution in [0.5, 0.6) is 5.75 Å². The van der Waals surface area contributed by atoms with Gasteiger partial charge >= 0.3 is 0 Å². The molecule has 0 unspecified atom stereocenters. The van der Waals surface area contributed by atoms with E-state index in [0.717, 1.165) is 43.6 Å². The van der Waals surface area contributed by atoms with Crippen LogP contribution in [0.4, 0.5) is 0 Å². The van der Waals surface area contributed by atoms with E-state index in [9.17, 15) is 8.42 Å². The van der Waals surface area contributed by atoms with Gasteiger partial charge in [-0.25, -0.2) is 8.42 Å². The van der Waals surface area contributed by atoms with Crippen molar-refractivity contribution in [2.75, 3.05) is 26.7 Å². The maximum absolute atomic E-state index is 12.7. The van der Waals surface area contributed by atoms with Crippen molar-refractivity contribution in [2.24, 2.45) is 0 Å². The van der Waals surface area contributed by atoms with Crippen molar-refractivity contribution in [3.05, 3.63) is 23.8 Å². The molecule has 1 N–H and O–H groups in total. The van der Waals surface area contributed by atoms with E-state index in [-0.39, 0.29) is 12.4 Å². The SMILES string of the molecule is CNC1CCN(S(=O)(=O)c2ccc3c(c2)CCCO3)CC1.Cl. The van der Waals surface area contributed by atoms with E-state index in [0.29, 0.717) is 24.0 Å². The second kappa shape index (κ2) is 7.17. The predicted molar refractivity (Wildman–Crippen MR) is 88.3 cm³/mol. The lowest BCUT2D eigenvalue weighted by atomic mass is 10.1. The lowest BCUT2D eigenvalue weighted by molar-refractivity contribution is 0.287. The fourth-order valence-corrected chi connectivity index (χ4v) is 4.55. The zero-order valence-corrected chi connectivity index (χ0v) is 14.4. The fourth-order valence-electron chi connectivity index (χ4n) is 3.03. The molecule has 7 heteroatoms. The minimum Gasteiger partial charge on any atom is -0.493 e. The number of nitrogens with one attached hydrogen (secondary N) is 1. The number of rotatable bonds is 3. The van der Waals surface area contributed by atoms with Gasteiger partial charge in [0.15, 0.2) is 0 Å². The van der Waals surface area contributed by atoms with Crippen LogP contribution >= 0.6 is 12.4 Å². The summed E-state index contributed by atoms with van der Waals surface area (Å²) in [5.41, 5.74) is 1.01. The number of hydrogen-bond donors (Lipinski definition) is 1. The highest BCUT2D eigenvalue weighted by Gasteiger charge is 2.29. The average molecular weight is 347 g/mol. The number of benzene rings is 1. The Bertz CT molecular complexity index is 613. The van der Waals surface area contributed by atoms with Gasteiger partial charge in [-0.05, 0) is 56.5 Å². The summed E-state index contributed by atoms with van der Waals surface area (Å²) in [4.78, 5) is 0.398. The van der Waals surface area contributed by atoms with Crippen molar-refractivity contribution >= 4 is 22.4 Å². The van der Waals surface area contributed by atoms with E-state index in [1.54, 1.807) is 22.5 Å². The molecule has 0 aliphatic carbocycles. The van der Waals surface area contributed by atoms with Crippen molar-refractivity contribution in [1.29, 1.82) is 0 Å². The summed E-state index contributed by atoms with van der Waals surface area (Å²) < 4.78 is 32.6. The van der Waals surface area contributed by atoms with Crippen LogP contribution in [0.2, 0.25) is 0 Å². The molecule has 0 bridgehead atoms. The monoisotopic (exact) mass is 346 g/mol. The molecule has 124 valence electrons. The molecule has 2 aliphatic rings. The van der Waals surface area contributed by atoms with Crippen LogP contribution in [0.3, 0.4) is 0 Å². The normalized spacial score (nSPS) is 19.9. The van der Waals surface area contributed by atoms with E-state index in [1.807, 2.05) is 7.05 Å².